The predicted molar refractivity (Wildman–Crippen MR) is 162 cm³/mol. The van der Waals surface area contributed by atoms with Gasteiger partial charge >= 0.3 is 5.97 Å². The van der Waals surface area contributed by atoms with Gasteiger partial charge in [0, 0.05) is 12.6 Å². The van der Waals surface area contributed by atoms with Gasteiger partial charge in [0.05, 0.1) is 17.4 Å². The lowest BCUT2D eigenvalue weighted by molar-refractivity contribution is -0.105. The van der Waals surface area contributed by atoms with E-state index in [9.17, 15) is 14.7 Å². The molecule has 0 fully saturated rings. The Morgan fingerprint density at radius 2 is 1.70 bits per heavy atom. The van der Waals surface area contributed by atoms with Crippen molar-refractivity contribution in [1.29, 1.82) is 0 Å². The van der Waals surface area contributed by atoms with Gasteiger partial charge in [0.25, 0.3) is 0 Å². The Morgan fingerprint density at radius 3 is 2.35 bits per heavy atom. The lowest BCUT2D eigenvalue weighted by atomic mass is 10.0. The van der Waals surface area contributed by atoms with Crippen LogP contribution in [0.3, 0.4) is 0 Å². The van der Waals surface area contributed by atoms with E-state index in [-0.39, 0.29) is 22.7 Å². The molecule has 0 unspecified atom stereocenters. The molecular formula is C32H42N2O5Si. The number of benzene rings is 3. The summed E-state index contributed by atoms with van der Waals surface area (Å²) in [6.45, 7) is 14.1. The first-order chi connectivity index (χ1) is 18.9. The van der Waals surface area contributed by atoms with Crippen LogP contribution >= 0.6 is 0 Å². The Labute approximate surface area is 239 Å². The second-order valence-corrected chi connectivity index (χ2v) is 16.4. The van der Waals surface area contributed by atoms with Crippen LogP contribution in [-0.4, -0.2) is 38.4 Å². The summed E-state index contributed by atoms with van der Waals surface area (Å²) in [5.41, 5.74) is 3.81. The fourth-order valence-electron chi connectivity index (χ4n) is 4.11. The minimum absolute atomic E-state index is 0.0107. The predicted octanol–water partition coefficient (Wildman–Crippen LogP) is 6.82. The van der Waals surface area contributed by atoms with Gasteiger partial charge in [-0.25, -0.2) is 4.79 Å². The third-order valence-electron chi connectivity index (χ3n) is 7.44. The van der Waals surface area contributed by atoms with Crippen LogP contribution in [0.25, 0.3) is 0 Å². The van der Waals surface area contributed by atoms with Gasteiger partial charge in [0.1, 0.15) is 12.4 Å². The molecule has 0 aliphatic rings. The summed E-state index contributed by atoms with van der Waals surface area (Å²) in [7, 11) is -2.15. The number of carboxylic acids is 1. The first-order valence-corrected chi connectivity index (χ1v) is 16.5. The number of hydrogen-bond donors (Lipinski definition) is 3. The van der Waals surface area contributed by atoms with Crippen LogP contribution in [0.5, 0.6) is 5.75 Å². The molecule has 3 aromatic rings. The van der Waals surface area contributed by atoms with Crippen LogP contribution in [0.4, 0.5) is 5.69 Å². The number of rotatable bonds is 14. The molecular weight excluding hydrogens is 520 g/mol. The van der Waals surface area contributed by atoms with Crippen molar-refractivity contribution < 1.29 is 23.9 Å². The third kappa shape index (κ3) is 8.77. The second-order valence-electron chi connectivity index (χ2n) is 11.7. The Morgan fingerprint density at radius 1 is 1.00 bits per heavy atom. The molecule has 0 bridgehead atoms. The number of hydrogen-bond acceptors (Lipinski definition) is 5. The first-order valence-electron chi connectivity index (χ1n) is 13.6. The Kier molecular flexibility index (Phi) is 10.7. The molecule has 0 aliphatic carbocycles. The van der Waals surface area contributed by atoms with Crippen molar-refractivity contribution in [2.24, 2.45) is 0 Å². The van der Waals surface area contributed by atoms with Crippen LogP contribution in [0.2, 0.25) is 18.1 Å². The molecule has 3 rings (SSSR count). The topological polar surface area (TPSA) is 96.9 Å². The number of amides is 1. The molecule has 7 nitrogen and oxygen atoms in total. The van der Waals surface area contributed by atoms with E-state index in [2.05, 4.69) is 51.4 Å². The number of anilines is 1. The van der Waals surface area contributed by atoms with Crippen LogP contribution in [-0.2, 0) is 22.2 Å². The SMILES string of the molecule is C[C@H](Cc1cccc(C(=O)O)c1)NC[C@H](O[Si](C)(C)C(C)(C)C)c1ccc(OCc2ccccc2)c(NC=O)c1. The monoisotopic (exact) mass is 562 g/mol. The maximum Gasteiger partial charge on any atom is 0.335 e. The third-order valence-corrected chi connectivity index (χ3v) is 11.9. The highest BCUT2D eigenvalue weighted by Gasteiger charge is 2.39. The zero-order chi connectivity index (χ0) is 29.3. The second kappa shape index (κ2) is 13.7. The molecule has 40 heavy (non-hydrogen) atoms. The molecule has 0 saturated heterocycles. The maximum atomic E-state index is 11.5. The van der Waals surface area contributed by atoms with Gasteiger partial charge in [-0.3, -0.25) is 4.79 Å². The minimum atomic E-state index is -2.15. The van der Waals surface area contributed by atoms with Crippen molar-refractivity contribution >= 4 is 26.4 Å². The van der Waals surface area contributed by atoms with Crippen molar-refractivity contribution in [3.8, 4) is 5.75 Å². The van der Waals surface area contributed by atoms with E-state index < -0.39 is 14.3 Å². The molecule has 3 N–H and O–H groups in total. The van der Waals surface area contributed by atoms with Gasteiger partial charge in [0.15, 0.2) is 8.32 Å². The molecule has 214 valence electrons. The van der Waals surface area contributed by atoms with Gasteiger partial charge in [-0.1, -0.05) is 69.3 Å². The van der Waals surface area contributed by atoms with Gasteiger partial charge in [0.2, 0.25) is 6.41 Å². The summed E-state index contributed by atoms with van der Waals surface area (Å²) in [5.74, 6) is -0.341. The van der Waals surface area contributed by atoms with Crippen molar-refractivity contribution in [2.75, 3.05) is 11.9 Å². The van der Waals surface area contributed by atoms with Crippen LogP contribution in [0, 0.1) is 0 Å². The fraction of sp³-hybridized carbons (Fsp3) is 0.375. The zero-order valence-corrected chi connectivity index (χ0v) is 25.4. The molecule has 8 heteroatoms. The number of aromatic carboxylic acids is 1. The standard InChI is InChI=1S/C32H42N2O5Si/c1-23(17-25-13-10-14-27(18-25)31(36)37)33-20-30(39-40(5,6)32(2,3)4)26-15-16-29(28(19-26)34-22-35)38-21-24-11-8-7-9-12-24/h7-16,18-19,22-23,30,33H,17,20-21H2,1-6H3,(H,34,35)(H,36,37)/t23-,30+/m1/s1. The van der Waals surface area contributed by atoms with Crippen molar-refractivity contribution in [1.82, 2.24) is 5.32 Å². The Balaban J connectivity index is 1.81. The summed E-state index contributed by atoms with van der Waals surface area (Å²) in [4.78, 5) is 22.8. The summed E-state index contributed by atoms with van der Waals surface area (Å²) < 4.78 is 12.9. The van der Waals surface area contributed by atoms with E-state index in [4.69, 9.17) is 9.16 Å². The summed E-state index contributed by atoms with van der Waals surface area (Å²) in [6.07, 6.45) is 1.08. The highest BCUT2D eigenvalue weighted by Crippen LogP contribution is 2.40. The number of ether oxygens (including phenoxy) is 1. The van der Waals surface area contributed by atoms with E-state index in [1.165, 1.54) is 0 Å². The quantitative estimate of drug-likeness (QED) is 0.147. The number of nitrogens with one attached hydrogen (secondary N) is 2. The molecule has 0 saturated carbocycles. The molecule has 3 aromatic carbocycles. The lowest BCUT2D eigenvalue weighted by Gasteiger charge is -2.40. The Hall–Kier alpha value is -3.46. The van der Waals surface area contributed by atoms with Crippen LogP contribution in [0.15, 0.2) is 72.8 Å². The molecule has 2 atom stereocenters. The summed E-state index contributed by atoms with van der Waals surface area (Å²) in [6, 6.07) is 22.8. The van der Waals surface area contributed by atoms with Gasteiger partial charge in [-0.2, -0.15) is 0 Å². The fourth-order valence-corrected chi connectivity index (χ4v) is 5.39. The molecule has 0 aliphatic heterocycles. The summed E-state index contributed by atoms with van der Waals surface area (Å²) >= 11 is 0. The maximum absolute atomic E-state index is 11.5. The van der Waals surface area contributed by atoms with Gasteiger partial charge in [-0.05, 0) is 72.4 Å². The van der Waals surface area contributed by atoms with Crippen molar-refractivity contribution in [3.63, 3.8) is 0 Å². The molecule has 0 heterocycles. The summed E-state index contributed by atoms with van der Waals surface area (Å²) in [5, 5.41) is 15.7. The van der Waals surface area contributed by atoms with Gasteiger partial charge in [-0.15, -0.1) is 0 Å². The molecule has 0 spiro atoms. The molecule has 0 aromatic heterocycles. The molecule has 1 amide bonds. The normalized spacial score (nSPS) is 13.3. The van der Waals surface area contributed by atoms with E-state index in [0.717, 1.165) is 16.7 Å². The lowest BCUT2D eigenvalue weighted by Crippen LogP contribution is -2.44. The van der Waals surface area contributed by atoms with E-state index in [0.29, 0.717) is 37.4 Å². The van der Waals surface area contributed by atoms with Gasteiger partial charge < -0.3 is 24.9 Å². The van der Waals surface area contributed by atoms with E-state index >= 15 is 0 Å². The Bertz CT molecular complexity index is 1270. The zero-order valence-electron chi connectivity index (χ0n) is 24.4. The smallest absolute Gasteiger partial charge is 0.335 e. The van der Waals surface area contributed by atoms with Crippen LogP contribution < -0.4 is 15.4 Å². The number of carbonyl (C=O) groups is 2. The highest BCUT2D eigenvalue weighted by atomic mass is 28.4. The van der Waals surface area contributed by atoms with Crippen LogP contribution in [0.1, 0.15) is 60.8 Å². The molecule has 0 radical (unpaired) electrons. The minimum Gasteiger partial charge on any atom is -0.487 e. The average molecular weight is 563 g/mol. The number of carbonyl (C=O) groups excluding carboxylic acids is 1. The average Bonchev–Trinajstić information content (AvgIpc) is 2.90. The number of carboxylic acid groups (broad SMARTS) is 1. The largest absolute Gasteiger partial charge is 0.487 e. The van der Waals surface area contributed by atoms with E-state index in [1.54, 1.807) is 18.2 Å². The van der Waals surface area contributed by atoms with Crippen molar-refractivity contribution in [2.45, 2.75) is 71.0 Å². The highest BCUT2D eigenvalue weighted by molar-refractivity contribution is 6.74. The first kappa shape index (κ1) is 31.1. The van der Waals surface area contributed by atoms with E-state index in [1.807, 2.05) is 54.6 Å². The van der Waals surface area contributed by atoms with Crippen molar-refractivity contribution in [3.05, 3.63) is 95.1 Å².